The Bertz CT molecular complexity index is 643. The first-order valence-electron chi connectivity index (χ1n) is 7.24. The Morgan fingerprint density at radius 1 is 1.00 bits per heavy atom. The lowest BCUT2D eigenvalue weighted by Gasteiger charge is -2.29. The molecular weight excluding hydrogens is 278 g/mol. The average Bonchev–Trinajstić information content (AvgIpc) is 2.61. The minimum Gasteiger partial charge on any atom is -0.369 e. The second kappa shape index (κ2) is 7.19. The van der Waals surface area contributed by atoms with E-state index in [4.69, 9.17) is 19.5 Å². The van der Waals surface area contributed by atoms with E-state index < -0.39 is 0 Å². The maximum absolute atomic E-state index is 9.06. The number of nitriles is 1. The van der Waals surface area contributed by atoms with E-state index in [0.29, 0.717) is 25.4 Å². The summed E-state index contributed by atoms with van der Waals surface area (Å²) in [7, 11) is 0. The summed E-state index contributed by atoms with van der Waals surface area (Å²) in [6, 6.07) is 19.5. The molecule has 1 heterocycles. The van der Waals surface area contributed by atoms with Crippen LogP contribution in [-0.2, 0) is 20.8 Å². The van der Waals surface area contributed by atoms with Crippen LogP contribution in [0.5, 0.6) is 0 Å². The van der Waals surface area contributed by atoms with Crippen molar-refractivity contribution in [2.24, 2.45) is 0 Å². The second-order valence-corrected chi connectivity index (χ2v) is 5.11. The van der Waals surface area contributed by atoms with Gasteiger partial charge in [0.25, 0.3) is 0 Å². The zero-order valence-electron chi connectivity index (χ0n) is 12.1. The van der Waals surface area contributed by atoms with Gasteiger partial charge in [0.05, 0.1) is 31.5 Å². The van der Waals surface area contributed by atoms with Crippen LogP contribution in [0, 0.1) is 11.3 Å². The summed E-state index contributed by atoms with van der Waals surface area (Å²) >= 11 is 0. The van der Waals surface area contributed by atoms with Crippen molar-refractivity contribution < 1.29 is 14.2 Å². The Morgan fingerprint density at radius 2 is 1.68 bits per heavy atom. The van der Waals surface area contributed by atoms with E-state index in [1.165, 1.54) is 0 Å². The third kappa shape index (κ3) is 3.52. The molecule has 3 rings (SSSR count). The normalized spacial score (nSPS) is 21.2. The molecule has 4 heteroatoms. The van der Waals surface area contributed by atoms with Crippen LogP contribution in [0.1, 0.15) is 23.0 Å². The first-order chi connectivity index (χ1) is 10.9. The van der Waals surface area contributed by atoms with Crippen LogP contribution >= 0.6 is 0 Å². The fourth-order valence-electron chi connectivity index (χ4n) is 2.35. The number of hydrogen-bond donors (Lipinski definition) is 0. The topological polar surface area (TPSA) is 51.5 Å². The molecule has 0 aliphatic carbocycles. The van der Waals surface area contributed by atoms with Crippen molar-refractivity contribution in [3.8, 4) is 6.07 Å². The van der Waals surface area contributed by atoms with Crippen molar-refractivity contribution in [2.75, 3.05) is 13.2 Å². The molecule has 0 spiro atoms. The monoisotopic (exact) mass is 295 g/mol. The van der Waals surface area contributed by atoms with Crippen molar-refractivity contribution in [3.63, 3.8) is 0 Å². The molecule has 1 fully saturated rings. The lowest BCUT2D eigenvalue weighted by Crippen LogP contribution is -2.33. The van der Waals surface area contributed by atoms with E-state index in [-0.39, 0.29) is 12.4 Å². The fraction of sp³-hybridized carbons (Fsp3) is 0.278. The first kappa shape index (κ1) is 14.7. The van der Waals surface area contributed by atoms with Crippen molar-refractivity contribution in [1.82, 2.24) is 0 Å². The van der Waals surface area contributed by atoms with Crippen molar-refractivity contribution in [3.05, 3.63) is 71.3 Å². The predicted molar refractivity (Wildman–Crippen MR) is 80.8 cm³/mol. The third-order valence-corrected chi connectivity index (χ3v) is 3.55. The zero-order chi connectivity index (χ0) is 15.2. The number of hydrogen-bond acceptors (Lipinski definition) is 4. The van der Waals surface area contributed by atoms with Gasteiger partial charge in [-0.15, -0.1) is 0 Å². The lowest BCUT2D eigenvalue weighted by molar-refractivity contribution is -0.232. The molecule has 0 saturated carbocycles. The SMILES string of the molecule is N#Cc1ccccc1COC1COC(c2ccccc2)OC1. The Kier molecular flexibility index (Phi) is 4.81. The summed E-state index contributed by atoms with van der Waals surface area (Å²) in [5.41, 5.74) is 2.54. The highest BCUT2D eigenvalue weighted by Crippen LogP contribution is 2.24. The van der Waals surface area contributed by atoms with E-state index >= 15 is 0 Å². The minimum absolute atomic E-state index is 0.119. The van der Waals surface area contributed by atoms with Crippen LogP contribution in [0.3, 0.4) is 0 Å². The maximum Gasteiger partial charge on any atom is 0.184 e. The zero-order valence-corrected chi connectivity index (χ0v) is 12.1. The molecule has 112 valence electrons. The van der Waals surface area contributed by atoms with Gasteiger partial charge in [-0.25, -0.2) is 0 Å². The summed E-state index contributed by atoms with van der Waals surface area (Å²) < 4.78 is 17.2. The van der Waals surface area contributed by atoms with Crippen LogP contribution < -0.4 is 0 Å². The molecule has 0 N–H and O–H groups in total. The molecule has 22 heavy (non-hydrogen) atoms. The molecule has 2 aromatic carbocycles. The smallest absolute Gasteiger partial charge is 0.184 e. The van der Waals surface area contributed by atoms with Gasteiger partial charge in [0.1, 0.15) is 6.10 Å². The van der Waals surface area contributed by atoms with Gasteiger partial charge in [0, 0.05) is 5.56 Å². The lowest BCUT2D eigenvalue weighted by atomic mass is 10.1. The molecule has 0 atom stereocenters. The molecule has 0 amide bonds. The molecule has 1 saturated heterocycles. The van der Waals surface area contributed by atoms with Crippen molar-refractivity contribution >= 4 is 0 Å². The molecule has 0 unspecified atom stereocenters. The van der Waals surface area contributed by atoms with Crippen molar-refractivity contribution in [2.45, 2.75) is 19.0 Å². The van der Waals surface area contributed by atoms with Crippen LogP contribution in [0.2, 0.25) is 0 Å². The van der Waals surface area contributed by atoms with E-state index in [0.717, 1.165) is 11.1 Å². The summed E-state index contributed by atoms with van der Waals surface area (Å²) in [6.45, 7) is 1.35. The summed E-state index contributed by atoms with van der Waals surface area (Å²) in [6.07, 6.45) is -0.445. The standard InChI is InChI=1S/C18H17NO3/c19-10-15-8-4-5-9-16(15)11-20-17-12-21-18(22-13-17)14-6-2-1-3-7-14/h1-9,17-18H,11-13H2. The Morgan fingerprint density at radius 3 is 2.41 bits per heavy atom. The summed E-state index contributed by atoms with van der Waals surface area (Å²) in [4.78, 5) is 0. The van der Waals surface area contributed by atoms with E-state index in [1.54, 1.807) is 6.07 Å². The molecule has 0 bridgehead atoms. The van der Waals surface area contributed by atoms with Gasteiger partial charge >= 0.3 is 0 Å². The molecule has 1 aliphatic rings. The Balaban J connectivity index is 1.51. The van der Waals surface area contributed by atoms with Crippen LogP contribution in [0.4, 0.5) is 0 Å². The molecule has 1 aliphatic heterocycles. The summed E-state index contributed by atoms with van der Waals surface area (Å²) in [5, 5.41) is 9.06. The van der Waals surface area contributed by atoms with Gasteiger partial charge in [0.2, 0.25) is 0 Å². The number of nitrogens with zero attached hydrogens (tertiary/aromatic N) is 1. The fourth-order valence-corrected chi connectivity index (χ4v) is 2.35. The largest absolute Gasteiger partial charge is 0.369 e. The molecular formula is C18H17NO3. The third-order valence-electron chi connectivity index (χ3n) is 3.55. The maximum atomic E-state index is 9.06. The summed E-state index contributed by atoms with van der Waals surface area (Å²) in [5.74, 6) is 0. The number of rotatable bonds is 4. The molecule has 2 aromatic rings. The number of benzene rings is 2. The van der Waals surface area contributed by atoms with E-state index in [2.05, 4.69) is 6.07 Å². The van der Waals surface area contributed by atoms with Crippen molar-refractivity contribution in [1.29, 1.82) is 5.26 Å². The highest BCUT2D eigenvalue weighted by Gasteiger charge is 2.24. The van der Waals surface area contributed by atoms with Crippen LogP contribution in [-0.4, -0.2) is 19.3 Å². The van der Waals surface area contributed by atoms with Gasteiger partial charge in [-0.05, 0) is 11.6 Å². The van der Waals surface area contributed by atoms with Crippen LogP contribution in [0.15, 0.2) is 54.6 Å². The number of ether oxygens (including phenoxy) is 3. The molecule has 0 aromatic heterocycles. The van der Waals surface area contributed by atoms with E-state index in [1.807, 2.05) is 48.5 Å². The van der Waals surface area contributed by atoms with Gasteiger partial charge in [-0.3, -0.25) is 0 Å². The molecule has 0 radical (unpaired) electrons. The average molecular weight is 295 g/mol. The predicted octanol–water partition coefficient (Wildman–Crippen LogP) is 3.19. The van der Waals surface area contributed by atoms with Gasteiger partial charge < -0.3 is 14.2 Å². The van der Waals surface area contributed by atoms with Gasteiger partial charge in [-0.2, -0.15) is 5.26 Å². The minimum atomic E-state index is -0.326. The second-order valence-electron chi connectivity index (χ2n) is 5.11. The van der Waals surface area contributed by atoms with Gasteiger partial charge in [0.15, 0.2) is 6.29 Å². The quantitative estimate of drug-likeness (QED) is 0.869. The first-order valence-corrected chi connectivity index (χ1v) is 7.24. The Hall–Kier alpha value is -2.19. The highest BCUT2D eigenvalue weighted by molar-refractivity contribution is 5.36. The molecule has 4 nitrogen and oxygen atoms in total. The van der Waals surface area contributed by atoms with Gasteiger partial charge in [-0.1, -0.05) is 48.5 Å². The van der Waals surface area contributed by atoms with Crippen LogP contribution in [0.25, 0.3) is 0 Å². The Labute approximate surface area is 129 Å². The highest BCUT2D eigenvalue weighted by atomic mass is 16.7. The van der Waals surface area contributed by atoms with E-state index in [9.17, 15) is 0 Å².